The van der Waals surface area contributed by atoms with Gasteiger partial charge in [0.15, 0.2) is 0 Å². The van der Waals surface area contributed by atoms with Crippen molar-refractivity contribution in [1.29, 1.82) is 0 Å². The number of furan rings is 1. The van der Waals surface area contributed by atoms with Gasteiger partial charge in [0.1, 0.15) is 11.5 Å². The molecular weight excluding hydrogens is 288 g/mol. The van der Waals surface area contributed by atoms with E-state index in [0.717, 1.165) is 11.5 Å². The van der Waals surface area contributed by atoms with Crippen molar-refractivity contribution in [2.75, 3.05) is 5.73 Å². The Morgan fingerprint density at radius 3 is 2.62 bits per heavy atom. The van der Waals surface area contributed by atoms with Crippen molar-refractivity contribution < 1.29 is 9.21 Å². The summed E-state index contributed by atoms with van der Waals surface area (Å²) in [5, 5.41) is 0.491. The van der Waals surface area contributed by atoms with Crippen LogP contribution < -0.4 is 5.73 Å². The fourth-order valence-corrected chi connectivity index (χ4v) is 2.27. The number of nitrogens with zero attached hydrogens (tertiary/aromatic N) is 1. The number of benzene rings is 1. The minimum atomic E-state index is -0.154. The first-order valence-electron chi connectivity index (χ1n) is 6.80. The van der Waals surface area contributed by atoms with Crippen LogP contribution in [-0.4, -0.2) is 16.8 Å². The number of halogens is 1. The molecule has 2 N–H and O–H groups in total. The highest BCUT2D eigenvalue weighted by Gasteiger charge is 2.22. The Labute approximate surface area is 129 Å². The van der Waals surface area contributed by atoms with Gasteiger partial charge in [-0.05, 0) is 51.1 Å². The van der Waals surface area contributed by atoms with Gasteiger partial charge in [-0.3, -0.25) is 4.79 Å². The third-order valence-corrected chi connectivity index (χ3v) is 3.49. The van der Waals surface area contributed by atoms with Crippen molar-refractivity contribution in [2.24, 2.45) is 0 Å². The van der Waals surface area contributed by atoms with E-state index in [1.165, 1.54) is 0 Å². The van der Waals surface area contributed by atoms with E-state index in [1.54, 1.807) is 23.1 Å². The molecule has 0 bridgehead atoms. The minimum absolute atomic E-state index is 0.0151. The van der Waals surface area contributed by atoms with Crippen LogP contribution in [0.5, 0.6) is 0 Å². The van der Waals surface area contributed by atoms with E-state index in [1.807, 2.05) is 32.9 Å². The topological polar surface area (TPSA) is 59.5 Å². The van der Waals surface area contributed by atoms with Crippen molar-refractivity contribution in [2.45, 2.75) is 33.4 Å². The van der Waals surface area contributed by atoms with Crippen LogP contribution >= 0.6 is 11.6 Å². The average Bonchev–Trinajstić information content (AvgIpc) is 2.83. The summed E-state index contributed by atoms with van der Waals surface area (Å²) in [6, 6.07) is 8.68. The van der Waals surface area contributed by atoms with Crippen molar-refractivity contribution in [3.63, 3.8) is 0 Å². The molecule has 0 saturated heterocycles. The molecule has 5 heteroatoms. The Hall–Kier alpha value is -1.94. The van der Waals surface area contributed by atoms with Crippen LogP contribution in [-0.2, 0) is 6.54 Å². The number of hydrogen-bond donors (Lipinski definition) is 1. The molecular formula is C16H19ClN2O2. The smallest absolute Gasteiger partial charge is 0.256 e. The minimum Gasteiger partial charge on any atom is -0.464 e. The molecule has 0 aliphatic rings. The Kier molecular flexibility index (Phi) is 4.58. The number of aryl methyl sites for hydroxylation is 1. The normalized spacial score (nSPS) is 10.9. The Morgan fingerprint density at radius 1 is 1.33 bits per heavy atom. The maximum absolute atomic E-state index is 12.7. The molecule has 1 heterocycles. The molecule has 0 saturated carbocycles. The number of amides is 1. The highest BCUT2D eigenvalue weighted by Crippen LogP contribution is 2.22. The van der Waals surface area contributed by atoms with E-state index >= 15 is 0 Å². The fourth-order valence-electron chi connectivity index (χ4n) is 2.10. The number of hydrogen-bond acceptors (Lipinski definition) is 3. The molecule has 21 heavy (non-hydrogen) atoms. The van der Waals surface area contributed by atoms with Gasteiger partial charge in [-0.2, -0.15) is 0 Å². The summed E-state index contributed by atoms with van der Waals surface area (Å²) in [7, 11) is 0. The Bertz CT molecular complexity index is 649. The second-order valence-electron chi connectivity index (χ2n) is 5.27. The molecule has 2 rings (SSSR count). The van der Waals surface area contributed by atoms with Crippen molar-refractivity contribution >= 4 is 23.2 Å². The lowest BCUT2D eigenvalue weighted by Crippen LogP contribution is -2.36. The lowest BCUT2D eigenvalue weighted by molar-refractivity contribution is 0.0676. The monoisotopic (exact) mass is 306 g/mol. The van der Waals surface area contributed by atoms with Crippen molar-refractivity contribution in [3.8, 4) is 0 Å². The summed E-state index contributed by atoms with van der Waals surface area (Å²) in [4.78, 5) is 14.4. The van der Waals surface area contributed by atoms with Gasteiger partial charge < -0.3 is 15.1 Å². The van der Waals surface area contributed by atoms with Gasteiger partial charge in [-0.1, -0.05) is 11.6 Å². The Balaban J connectivity index is 2.29. The van der Waals surface area contributed by atoms with Crippen molar-refractivity contribution in [3.05, 3.63) is 52.4 Å². The fraction of sp³-hybridized carbons (Fsp3) is 0.312. The SMILES string of the molecule is Cc1ccc(CN(C(=O)c2cc(Cl)ccc2N)C(C)C)o1. The summed E-state index contributed by atoms with van der Waals surface area (Å²) in [5.41, 5.74) is 6.73. The molecule has 1 aromatic carbocycles. The number of carbonyl (C=O) groups is 1. The third-order valence-electron chi connectivity index (χ3n) is 3.25. The number of nitrogens with two attached hydrogens (primary N) is 1. The van der Waals surface area contributed by atoms with Crippen LogP contribution in [0.3, 0.4) is 0 Å². The zero-order chi connectivity index (χ0) is 15.6. The summed E-state index contributed by atoms with van der Waals surface area (Å²) in [6.45, 7) is 6.18. The lowest BCUT2D eigenvalue weighted by Gasteiger charge is -2.26. The van der Waals surface area contributed by atoms with E-state index in [4.69, 9.17) is 21.8 Å². The first-order valence-corrected chi connectivity index (χ1v) is 7.17. The van der Waals surface area contributed by atoms with Gasteiger partial charge in [0.05, 0.1) is 12.1 Å². The number of anilines is 1. The van der Waals surface area contributed by atoms with Crippen LogP contribution in [0, 0.1) is 6.92 Å². The van der Waals surface area contributed by atoms with E-state index in [9.17, 15) is 4.79 Å². The van der Waals surface area contributed by atoms with E-state index < -0.39 is 0 Å². The van der Waals surface area contributed by atoms with Crippen LogP contribution in [0.1, 0.15) is 35.7 Å². The van der Waals surface area contributed by atoms with Gasteiger partial charge in [0.25, 0.3) is 5.91 Å². The van der Waals surface area contributed by atoms with E-state index in [2.05, 4.69) is 0 Å². The molecule has 112 valence electrons. The molecule has 1 aromatic heterocycles. The lowest BCUT2D eigenvalue weighted by atomic mass is 10.1. The summed E-state index contributed by atoms with van der Waals surface area (Å²) in [5.74, 6) is 1.41. The molecule has 2 aromatic rings. The van der Waals surface area contributed by atoms with Gasteiger partial charge in [0.2, 0.25) is 0 Å². The second-order valence-corrected chi connectivity index (χ2v) is 5.71. The average molecular weight is 307 g/mol. The first kappa shape index (κ1) is 15.4. The predicted molar refractivity (Wildman–Crippen MR) is 84.3 cm³/mol. The molecule has 0 aliphatic heterocycles. The van der Waals surface area contributed by atoms with Crippen LogP contribution in [0.2, 0.25) is 5.02 Å². The second kappa shape index (κ2) is 6.22. The quantitative estimate of drug-likeness (QED) is 0.872. The maximum Gasteiger partial charge on any atom is 0.256 e. The molecule has 4 nitrogen and oxygen atoms in total. The number of nitrogen functional groups attached to an aromatic ring is 1. The summed E-state index contributed by atoms with van der Waals surface area (Å²) >= 11 is 5.96. The Morgan fingerprint density at radius 2 is 2.05 bits per heavy atom. The molecule has 0 spiro atoms. The summed E-state index contributed by atoms with van der Waals surface area (Å²) < 4.78 is 5.55. The molecule has 0 fully saturated rings. The highest BCUT2D eigenvalue weighted by molar-refractivity contribution is 6.31. The number of rotatable bonds is 4. The van der Waals surface area contributed by atoms with Crippen LogP contribution in [0.15, 0.2) is 34.7 Å². The van der Waals surface area contributed by atoms with Gasteiger partial charge in [-0.25, -0.2) is 0 Å². The maximum atomic E-state index is 12.7. The molecule has 0 radical (unpaired) electrons. The van der Waals surface area contributed by atoms with Gasteiger partial charge in [-0.15, -0.1) is 0 Å². The standard InChI is InChI=1S/C16H19ClN2O2/c1-10(2)19(9-13-6-4-11(3)21-13)16(20)14-8-12(17)5-7-15(14)18/h4-8,10H,9,18H2,1-3H3. The van der Waals surface area contributed by atoms with Crippen LogP contribution in [0.25, 0.3) is 0 Å². The molecule has 0 aliphatic carbocycles. The summed E-state index contributed by atoms with van der Waals surface area (Å²) in [6.07, 6.45) is 0. The van der Waals surface area contributed by atoms with Gasteiger partial charge >= 0.3 is 0 Å². The highest BCUT2D eigenvalue weighted by atomic mass is 35.5. The zero-order valence-corrected chi connectivity index (χ0v) is 13.1. The largest absolute Gasteiger partial charge is 0.464 e. The molecule has 0 atom stereocenters. The first-order chi connectivity index (χ1) is 9.88. The predicted octanol–water partition coefficient (Wildman–Crippen LogP) is 3.87. The van der Waals surface area contributed by atoms with E-state index in [0.29, 0.717) is 22.8 Å². The molecule has 1 amide bonds. The third kappa shape index (κ3) is 3.58. The van der Waals surface area contributed by atoms with Gasteiger partial charge in [0, 0.05) is 16.8 Å². The zero-order valence-electron chi connectivity index (χ0n) is 12.4. The van der Waals surface area contributed by atoms with E-state index in [-0.39, 0.29) is 11.9 Å². The van der Waals surface area contributed by atoms with Crippen LogP contribution in [0.4, 0.5) is 5.69 Å². The molecule has 0 unspecified atom stereocenters. The van der Waals surface area contributed by atoms with Crippen molar-refractivity contribution in [1.82, 2.24) is 4.90 Å². The number of carbonyl (C=O) groups excluding carboxylic acids is 1.